The van der Waals surface area contributed by atoms with Gasteiger partial charge in [0.05, 0.1) is 13.7 Å². The zero-order chi connectivity index (χ0) is 19.8. The quantitative estimate of drug-likeness (QED) is 0.731. The summed E-state index contributed by atoms with van der Waals surface area (Å²) in [5.41, 5.74) is 1.29. The number of hydrogen-bond donors (Lipinski definition) is 2. The molecule has 1 aliphatic carbocycles. The summed E-state index contributed by atoms with van der Waals surface area (Å²) >= 11 is 0. The normalized spacial score (nSPS) is 13.8. The van der Waals surface area contributed by atoms with Crippen LogP contribution in [0.3, 0.4) is 0 Å². The zero-order valence-electron chi connectivity index (χ0n) is 15.9. The number of pyridine rings is 1. The molecule has 7 nitrogen and oxygen atoms in total. The van der Waals surface area contributed by atoms with Crippen LogP contribution in [0.1, 0.15) is 41.6 Å². The maximum Gasteiger partial charge on any atom is 0.251 e. The van der Waals surface area contributed by atoms with Crippen LogP contribution in [0, 0.1) is 0 Å². The van der Waals surface area contributed by atoms with Gasteiger partial charge >= 0.3 is 0 Å². The van der Waals surface area contributed by atoms with Gasteiger partial charge in [0, 0.05) is 23.9 Å². The van der Waals surface area contributed by atoms with Crippen molar-refractivity contribution in [3.63, 3.8) is 0 Å². The van der Waals surface area contributed by atoms with Gasteiger partial charge in [0.1, 0.15) is 11.9 Å². The molecule has 2 aromatic rings. The monoisotopic (exact) mass is 383 g/mol. The SMILES string of the molecule is COc1ccc(C(=O)NCC(=O)NCc2cccnc2OC2CCCC2)cc1. The van der Waals surface area contributed by atoms with Crippen molar-refractivity contribution < 1.29 is 19.1 Å². The summed E-state index contributed by atoms with van der Waals surface area (Å²) in [6.45, 7) is 0.192. The van der Waals surface area contributed by atoms with Crippen molar-refractivity contribution in [1.82, 2.24) is 15.6 Å². The van der Waals surface area contributed by atoms with Crippen molar-refractivity contribution >= 4 is 11.8 Å². The van der Waals surface area contributed by atoms with Crippen LogP contribution in [-0.2, 0) is 11.3 Å². The fraction of sp³-hybridized carbons (Fsp3) is 0.381. The number of aromatic nitrogens is 1. The van der Waals surface area contributed by atoms with Crippen LogP contribution in [0.4, 0.5) is 0 Å². The van der Waals surface area contributed by atoms with E-state index in [1.165, 1.54) is 12.8 Å². The minimum Gasteiger partial charge on any atom is -0.497 e. The molecule has 7 heteroatoms. The highest BCUT2D eigenvalue weighted by molar-refractivity contribution is 5.96. The fourth-order valence-corrected chi connectivity index (χ4v) is 3.09. The molecule has 1 aliphatic rings. The third-order valence-electron chi connectivity index (χ3n) is 4.67. The van der Waals surface area contributed by atoms with E-state index in [1.54, 1.807) is 37.6 Å². The Bertz CT molecular complexity index is 802. The molecule has 0 aliphatic heterocycles. The topological polar surface area (TPSA) is 89.5 Å². The van der Waals surface area contributed by atoms with Crippen molar-refractivity contribution in [3.05, 3.63) is 53.7 Å². The molecule has 2 N–H and O–H groups in total. The summed E-state index contributed by atoms with van der Waals surface area (Å²) < 4.78 is 11.0. The van der Waals surface area contributed by atoms with Crippen LogP contribution < -0.4 is 20.1 Å². The summed E-state index contributed by atoms with van der Waals surface area (Å²) in [6, 6.07) is 10.4. The van der Waals surface area contributed by atoms with Crippen LogP contribution in [0.2, 0.25) is 0 Å². The van der Waals surface area contributed by atoms with Crippen molar-refractivity contribution in [2.75, 3.05) is 13.7 Å². The largest absolute Gasteiger partial charge is 0.497 e. The summed E-state index contributed by atoms with van der Waals surface area (Å²) in [5.74, 6) is 0.639. The summed E-state index contributed by atoms with van der Waals surface area (Å²) in [7, 11) is 1.56. The molecule has 0 bridgehead atoms. The van der Waals surface area contributed by atoms with E-state index in [2.05, 4.69) is 15.6 Å². The number of carbonyl (C=O) groups excluding carboxylic acids is 2. The number of hydrogen-bond acceptors (Lipinski definition) is 5. The third kappa shape index (κ3) is 5.45. The van der Waals surface area contributed by atoms with Crippen LogP contribution in [-0.4, -0.2) is 36.6 Å². The molecule has 0 saturated heterocycles. The van der Waals surface area contributed by atoms with Gasteiger partial charge in [-0.3, -0.25) is 9.59 Å². The lowest BCUT2D eigenvalue weighted by Crippen LogP contribution is -2.36. The first-order chi connectivity index (χ1) is 13.7. The minimum atomic E-state index is -0.315. The molecule has 3 rings (SSSR count). The molecule has 0 atom stereocenters. The van der Waals surface area contributed by atoms with E-state index in [0.717, 1.165) is 18.4 Å². The molecule has 1 aromatic carbocycles. The number of carbonyl (C=O) groups is 2. The van der Waals surface area contributed by atoms with Gasteiger partial charge in [-0.1, -0.05) is 6.07 Å². The average molecular weight is 383 g/mol. The van der Waals surface area contributed by atoms with Crippen LogP contribution in [0.5, 0.6) is 11.6 Å². The average Bonchev–Trinajstić information content (AvgIpc) is 3.24. The summed E-state index contributed by atoms with van der Waals surface area (Å²) in [6.07, 6.45) is 6.33. The Morgan fingerprint density at radius 2 is 1.86 bits per heavy atom. The van der Waals surface area contributed by atoms with Crippen molar-refractivity contribution in [1.29, 1.82) is 0 Å². The number of amides is 2. The minimum absolute atomic E-state index is 0.107. The Morgan fingerprint density at radius 1 is 1.11 bits per heavy atom. The van der Waals surface area contributed by atoms with Gasteiger partial charge in [0.2, 0.25) is 11.8 Å². The van der Waals surface area contributed by atoms with E-state index in [4.69, 9.17) is 9.47 Å². The van der Waals surface area contributed by atoms with Crippen LogP contribution >= 0.6 is 0 Å². The Labute approximate surface area is 164 Å². The van der Waals surface area contributed by atoms with Crippen molar-refractivity contribution in [2.24, 2.45) is 0 Å². The standard InChI is InChI=1S/C21H25N3O4/c1-27-17-10-8-15(9-11-17)20(26)24-14-19(25)23-13-16-5-4-12-22-21(16)28-18-6-2-3-7-18/h4-5,8-12,18H,2-3,6-7,13-14H2,1H3,(H,23,25)(H,24,26). The van der Waals surface area contributed by atoms with Crippen LogP contribution in [0.25, 0.3) is 0 Å². The number of rotatable bonds is 8. The lowest BCUT2D eigenvalue weighted by atomic mass is 10.2. The van der Waals surface area contributed by atoms with Crippen LogP contribution in [0.15, 0.2) is 42.6 Å². The Morgan fingerprint density at radius 3 is 2.57 bits per heavy atom. The maximum absolute atomic E-state index is 12.1. The molecular weight excluding hydrogens is 358 g/mol. The molecule has 0 spiro atoms. The molecule has 0 radical (unpaired) electrons. The number of methoxy groups -OCH3 is 1. The second kappa shape index (κ2) is 9.73. The highest BCUT2D eigenvalue weighted by Crippen LogP contribution is 2.24. The van der Waals surface area contributed by atoms with Gasteiger partial charge in [-0.05, 0) is 56.0 Å². The summed E-state index contributed by atoms with van der Waals surface area (Å²) in [4.78, 5) is 28.5. The van der Waals surface area contributed by atoms with Gasteiger partial charge in [-0.25, -0.2) is 4.98 Å². The smallest absolute Gasteiger partial charge is 0.251 e. The van der Waals surface area contributed by atoms with E-state index in [0.29, 0.717) is 23.7 Å². The third-order valence-corrected chi connectivity index (χ3v) is 4.67. The Hall–Kier alpha value is -3.09. The first-order valence-corrected chi connectivity index (χ1v) is 9.45. The van der Waals surface area contributed by atoms with E-state index < -0.39 is 0 Å². The lowest BCUT2D eigenvalue weighted by Gasteiger charge is -2.15. The second-order valence-corrected chi connectivity index (χ2v) is 6.68. The molecule has 0 unspecified atom stereocenters. The predicted molar refractivity (Wildman–Crippen MR) is 104 cm³/mol. The first kappa shape index (κ1) is 19.7. The molecule has 1 aromatic heterocycles. The molecule has 2 amide bonds. The van der Waals surface area contributed by atoms with Crippen molar-refractivity contribution in [2.45, 2.75) is 38.3 Å². The zero-order valence-corrected chi connectivity index (χ0v) is 15.9. The fourth-order valence-electron chi connectivity index (χ4n) is 3.09. The van der Waals surface area contributed by atoms with Gasteiger partial charge < -0.3 is 20.1 Å². The highest BCUT2D eigenvalue weighted by atomic mass is 16.5. The molecule has 1 saturated carbocycles. The molecule has 148 valence electrons. The van der Waals surface area contributed by atoms with E-state index in [9.17, 15) is 9.59 Å². The molecular formula is C21H25N3O4. The summed E-state index contributed by atoms with van der Waals surface area (Å²) in [5, 5.41) is 5.40. The van der Waals surface area contributed by atoms with Crippen molar-refractivity contribution in [3.8, 4) is 11.6 Å². The molecule has 1 heterocycles. The number of nitrogens with one attached hydrogen (secondary N) is 2. The second-order valence-electron chi connectivity index (χ2n) is 6.68. The number of benzene rings is 1. The highest BCUT2D eigenvalue weighted by Gasteiger charge is 2.18. The van der Waals surface area contributed by atoms with Gasteiger partial charge in [0.15, 0.2) is 0 Å². The molecule has 1 fully saturated rings. The number of ether oxygens (including phenoxy) is 2. The van der Waals surface area contributed by atoms with Gasteiger partial charge in [-0.15, -0.1) is 0 Å². The Kier molecular flexibility index (Phi) is 6.84. The lowest BCUT2D eigenvalue weighted by molar-refractivity contribution is -0.120. The first-order valence-electron chi connectivity index (χ1n) is 9.45. The van der Waals surface area contributed by atoms with Gasteiger partial charge in [0.25, 0.3) is 5.91 Å². The van der Waals surface area contributed by atoms with Gasteiger partial charge in [-0.2, -0.15) is 0 Å². The predicted octanol–water partition coefficient (Wildman–Crippen LogP) is 2.46. The maximum atomic E-state index is 12.1. The number of nitrogens with zero attached hydrogens (tertiary/aromatic N) is 1. The molecule has 28 heavy (non-hydrogen) atoms. The van der Waals surface area contributed by atoms with E-state index in [1.807, 2.05) is 12.1 Å². The van der Waals surface area contributed by atoms with E-state index >= 15 is 0 Å². The Balaban J connectivity index is 1.47. The van der Waals surface area contributed by atoms with E-state index in [-0.39, 0.29) is 24.5 Å².